The average molecular weight is 854 g/mol. The van der Waals surface area contributed by atoms with E-state index in [2.05, 4.69) is 226 Å². The Bertz CT molecular complexity index is 3180. The molecular weight excluding hydrogens is 803 g/mol. The Labute approximate surface area is 388 Å². The van der Waals surface area contributed by atoms with Crippen molar-refractivity contribution in [1.29, 1.82) is 0 Å². The van der Waals surface area contributed by atoms with Gasteiger partial charge < -0.3 is 4.90 Å². The lowest BCUT2D eigenvalue weighted by atomic mass is 9.53. The second kappa shape index (κ2) is 16.0. The third kappa shape index (κ3) is 6.22. The summed E-state index contributed by atoms with van der Waals surface area (Å²) in [6, 6.07) is 57.0. The molecule has 5 aliphatic carbocycles. The van der Waals surface area contributed by atoms with Gasteiger partial charge in [-0.25, -0.2) is 0 Å². The van der Waals surface area contributed by atoms with Crippen molar-refractivity contribution in [2.45, 2.75) is 54.2 Å². The first-order valence-electron chi connectivity index (χ1n) is 23.3. The van der Waals surface area contributed by atoms with Crippen LogP contribution in [0.15, 0.2) is 262 Å². The van der Waals surface area contributed by atoms with Crippen molar-refractivity contribution >= 4 is 23.0 Å². The summed E-state index contributed by atoms with van der Waals surface area (Å²) in [4.78, 5) is 5.26. The average Bonchev–Trinajstić information content (AvgIpc) is 3.65. The van der Waals surface area contributed by atoms with Crippen LogP contribution in [0.1, 0.15) is 66.0 Å². The van der Waals surface area contributed by atoms with Crippen molar-refractivity contribution in [1.82, 2.24) is 0 Å². The van der Waals surface area contributed by atoms with Crippen LogP contribution in [-0.2, 0) is 11.8 Å². The van der Waals surface area contributed by atoms with Crippen LogP contribution in [-0.4, -0.2) is 0 Å². The van der Waals surface area contributed by atoms with Gasteiger partial charge in [0, 0.05) is 38.7 Å². The van der Waals surface area contributed by atoms with E-state index in [1.54, 1.807) is 16.7 Å². The van der Waals surface area contributed by atoms with Crippen molar-refractivity contribution in [2.75, 3.05) is 4.90 Å². The summed E-state index contributed by atoms with van der Waals surface area (Å²) in [7, 11) is 0. The van der Waals surface area contributed by atoms with E-state index in [9.17, 15) is 0 Å². The van der Waals surface area contributed by atoms with E-state index in [4.69, 9.17) is 0 Å². The quantitative estimate of drug-likeness (QED) is 0.111. The predicted octanol–water partition coefficient (Wildman–Crippen LogP) is 16.1. The first kappa shape index (κ1) is 39.7. The molecule has 4 atom stereocenters. The lowest BCUT2D eigenvalue weighted by Crippen LogP contribution is -2.43. The monoisotopic (exact) mass is 853 g/mol. The number of fused-ring (bicyclic) bond motifs is 6. The fourth-order valence-electron chi connectivity index (χ4n) is 12.2. The van der Waals surface area contributed by atoms with Gasteiger partial charge in [0.05, 0.1) is 5.41 Å². The van der Waals surface area contributed by atoms with Crippen LogP contribution in [0.25, 0.3) is 16.7 Å². The molecule has 4 unspecified atom stereocenters. The minimum absolute atomic E-state index is 0.0248. The molecule has 1 heterocycles. The molecule has 1 spiro atoms. The van der Waals surface area contributed by atoms with Gasteiger partial charge in [-0.15, -0.1) is 0 Å². The zero-order valence-electron chi connectivity index (χ0n) is 37.0. The highest BCUT2D eigenvalue weighted by Crippen LogP contribution is 2.67. The Hall–Kier alpha value is -6.87. The first-order valence-corrected chi connectivity index (χ1v) is 24.1. The van der Waals surface area contributed by atoms with E-state index in [0.717, 1.165) is 30.6 Å². The molecule has 12 rings (SSSR count). The van der Waals surface area contributed by atoms with Gasteiger partial charge in [0.2, 0.25) is 0 Å². The van der Waals surface area contributed by atoms with E-state index < -0.39 is 5.41 Å². The van der Waals surface area contributed by atoms with Crippen LogP contribution in [0, 0.1) is 11.8 Å². The molecule has 0 N–H and O–H groups in total. The van der Waals surface area contributed by atoms with E-state index >= 15 is 0 Å². The molecule has 6 aliphatic rings. The van der Waals surface area contributed by atoms with Gasteiger partial charge in [-0.1, -0.05) is 208 Å². The summed E-state index contributed by atoms with van der Waals surface area (Å²) in [5.41, 5.74) is 22.7. The van der Waals surface area contributed by atoms with Gasteiger partial charge in [0.25, 0.3) is 0 Å². The van der Waals surface area contributed by atoms with Crippen LogP contribution in [0.3, 0.4) is 0 Å². The second-order valence-corrected chi connectivity index (χ2v) is 19.4. The molecule has 0 aromatic heterocycles. The topological polar surface area (TPSA) is 3.24 Å². The fraction of sp³-hybridized carbons (Fsp3) is 0.143. The fourth-order valence-corrected chi connectivity index (χ4v) is 13.3. The molecule has 1 aliphatic heterocycles. The normalized spacial score (nSPS) is 22.3. The van der Waals surface area contributed by atoms with E-state index in [-0.39, 0.29) is 17.8 Å². The maximum Gasteiger partial charge on any atom is 0.0701 e. The number of hydrogen-bond acceptors (Lipinski definition) is 2. The Morgan fingerprint density at radius 3 is 2.22 bits per heavy atom. The van der Waals surface area contributed by atoms with Crippen LogP contribution in [0.4, 0.5) is 5.69 Å². The zero-order valence-corrected chi connectivity index (χ0v) is 37.9. The molecule has 0 saturated heterocycles. The molecule has 314 valence electrons. The summed E-state index contributed by atoms with van der Waals surface area (Å²) in [5, 5.41) is 0. The number of hydrogen-bond donors (Lipinski definition) is 0. The summed E-state index contributed by atoms with van der Waals surface area (Å²) in [6.07, 6.45) is 23.7. The second-order valence-electron chi connectivity index (χ2n) is 18.3. The third-order valence-corrected chi connectivity index (χ3v) is 15.9. The maximum absolute atomic E-state index is 4.29. The Morgan fingerprint density at radius 1 is 0.723 bits per heavy atom. The Balaban J connectivity index is 1.12. The number of rotatable bonds is 8. The van der Waals surface area contributed by atoms with Gasteiger partial charge in [-0.05, 0) is 134 Å². The largest absolute Gasteiger partial charge is 0.314 e. The van der Waals surface area contributed by atoms with Crippen LogP contribution < -0.4 is 4.90 Å². The van der Waals surface area contributed by atoms with E-state index in [0.29, 0.717) is 0 Å². The molecule has 6 aromatic rings. The van der Waals surface area contributed by atoms with Crippen molar-refractivity contribution in [2.24, 2.45) is 11.8 Å². The van der Waals surface area contributed by atoms with E-state index in [1.165, 1.54) is 76.7 Å². The van der Waals surface area contributed by atoms with Gasteiger partial charge >= 0.3 is 0 Å². The molecule has 0 amide bonds. The van der Waals surface area contributed by atoms with Gasteiger partial charge in [0.1, 0.15) is 0 Å². The van der Waals surface area contributed by atoms with Gasteiger partial charge in [0.15, 0.2) is 0 Å². The molecule has 0 saturated carbocycles. The molecule has 4 bridgehead atoms. The molecule has 65 heavy (non-hydrogen) atoms. The van der Waals surface area contributed by atoms with Crippen molar-refractivity contribution < 1.29 is 0 Å². The zero-order chi connectivity index (χ0) is 43.6. The third-order valence-electron chi connectivity index (χ3n) is 14.8. The minimum atomic E-state index is -0.471. The molecule has 0 fully saturated rings. The standard InChI is InChI=1S/C63H51NS/c1-4-19-47(25-18-22-43-20-8-5-9-21-43)64(48-35-32-45(33-36-48)44-23-10-6-11-24-44)57-38-41(2)52-40-53-50-27-13-7-12-26-49(50)51-28-14-15-29-54(51)63-55-30-16-17-31-58(55)65-59-37-34-46(39-56(59)63)61(57)60(52)42(3)62(53)63/h4-6,8-21,23-39,41-42,61H,1,7,22,40H2,2-3H3/b25-18-,47-19+. The van der Waals surface area contributed by atoms with Crippen molar-refractivity contribution in [3.8, 4) is 11.1 Å². The minimum Gasteiger partial charge on any atom is -0.314 e. The lowest BCUT2D eigenvalue weighted by molar-refractivity contribution is 0.522. The highest BCUT2D eigenvalue weighted by atomic mass is 32.2. The van der Waals surface area contributed by atoms with Crippen LogP contribution in [0.2, 0.25) is 0 Å². The van der Waals surface area contributed by atoms with Gasteiger partial charge in [-0.3, -0.25) is 0 Å². The van der Waals surface area contributed by atoms with Gasteiger partial charge in [-0.2, -0.15) is 0 Å². The summed E-state index contributed by atoms with van der Waals surface area (Å²) in [5.74, 6) is 0.382. The Kier molecular flexibility index (Phi) is 9.76. The Morgan fingerprint density at radius 2 is 1.42 bits per heavy atom. The van der Waals surface area contributed by atoms with Crippen LogP contribution in [0.5, 0.6) is 0 Å². The maximum atomic E-state index is 4.29. The van der Waals surface area contributed by atoms with Crippen LogP contribution >= 0.6 is 11.8 Å². The molecule has 6 aromatic carbocycles. The number of benzene rings is 6. The smallest absolute Gasteiger partial charge is 0.0701 e. The lowest BCUT2D eigenvalue weighted by Gasteiger charge is -2.52. The highest BCUT2D eigenvalue weighted by Gasteiger charge is 2.55. The molecule has 1 nitrogen and oxygen atoms in total. The predicted molar refractivity (Wildman–Crippen MR) is 273 cm³/mol. The molecule has 2 heteroatoms. The number of nitrogens with zero attached hydrogens (tertiary/aromatic N) is 1. The van der Waals surface area contributed by atoms with Crippen molar-refractivity contribution in [3.63, 3.8) is 0 Å². The SMILES string of the molecule is C=C/C=C(\C=C/Cc1ccccc1)N(C1=CC(C)C2=C3C(C)C4=C(C2)C2=C(C=CCC=C2)c2ccccc2C42c4ccccc4Sc4ccc(cc42)C13)c1ccc(-c2ccccc2)cc1. The summed E-state index contributed by atoms with van der Waals surface area (Å²) >= 11 is 1.94. The number of anilines is 1. The first-order chi connectivity index (χ1) is 32.0. The number of allylic oxidation sites excluding steroid dienone is 15. The molecule has 0 radical (unpaired) electrons. The molecular formula is C63H51NS. The highest BCUT2D eigenvalue weighted by molar-refractivity contribution is 7.99. The summed E-state index contributed by atoms with van der Waals surface area (Å²) in [6.45, 7) is 9.31. The van der Waals surface area contributed by atoms with Crippen molar-refractivity contribution in [3.05, 3.63) is 286 Å². The summed E-state index contributed by atoms with van der Waals surface area (Å²) < 4.78 is 0. The van der Waals surface area contributed by atoms with E-state index in [1.807, 2.05) is 17.8 Å².